The van der Waals surface area contributed by atoms with E-state index in [1.807, 2.05) is 0 Å². The van der Waals surface area contributed by atoms with Gasteiger partial charge in [-0.25, -0.2) is 9.67 Å². The first kappa shape index (κ1) is 13.6. The van der Waals surface area contributed by atoms with Crippen LogP contribution in [0.4, 0.5) is 18.9 Å². The molecule has 0 spiro atoms. The molecule has 0 saturated heterocycles. The van der Waals surface area contributed by atoms with Crippen LogP contribution >= 0.6 is 11.3 Å². The number of rotatable bonds is 2. The van der Waals surface area contributed by atoms with Crippen LogP contribution in [-0.4, -0.2) is 14.8 Å². The molecule has 2 N–H and O–H groups in total. The van der Waals surface area contributed by atoms with Crippen LogP contribution in [0.15, 0.2) is 41.9 Å². The highest BCUT2D eigenvalue weighted by molar-refractivity contribution is 7.12. The largest absolute Gasteiger partial charge is 0.433 e. The third-order valence-corrected chi connectivity index (χ3v) is 3.63. The Bertz CT molecular complexity index is 758. The minimum Gasteiger partial charge on any atom is -0.399 e. The Morgan fingerprint density at radius 3 is 2.48 bits per heavy atom. The highest BCUT2D eigenvalue weighted by Crippen LogP contribution is 2.32. The second-order valence-electron chi connectivity index (χ2n) is 4.26. The predicted octanol–water partition coefficient (Wildman–Crippen LogP) is 3.60. The van der Waals surface area contributed by atoms with Crippen molar-refractivity contribution in [2.24, 2.45) is 0 Å². The van der Waals surface area contributed by atoms with Crippen LogP contribution in [0.1, 0.15) is 5.69 Å². The number of nitrogens with two attached hydrogens (primary N) is 1. The van der Waals surface area contributed by atoms with Gasteiger partial charge >= 0.3 is 6.18 Å². The number of halogens is 3. The summed E-state index contributed by atoms with van der Waals surface area (Å²) in [5.41, 5.74) is 6.73. The molecule has 0 bridgehead atoms. The molecule has 2 aromatic heterocycles. The van der Waals surface area contributed by atoms with Crippen molar-refractivity contribution in [2.45, 2.75) is 6.18 Å². The molecule has 0 atom stereocenters. The summed E-state index contributed by atoms with van der Waals surface area (Å²) in [6, 6.07) is 7.88. The first-order chi connectivity index (χ1) is 9.95. The first-order valence-electron chi connectivity index (χ1n) is 5.88. The maximum atomic E-state index is 12.8. The summed E-state index contributed by atoms with van der Waals surface area (Å²) in [7, 11) is 0. The van der Waals surface area contributed by atoms with Gasteiger partial charge in [0.25, 0.3) is 0 Å². The first-order valence-corrected chi connectivity index (χ1v) is 6.76. The summed E-state index contributed by atoms with van der Waals surface area (Å²) in [6.07, 6.45) is -3.36. The van der Waals surface area contributed by atoms with E-state index in [1.165, 1.54) is 0 Å². The summed E-state index contributed by atoms with van der Waals surface area (Å²) in [6.45, 7) is 0. The molecule has 0 aliphatic rings. The van der Waals surface area contributed by atoms with E-state index in [0.717, 1.165) is 33.8 Å². The molecule has 3 aromatic rings. The number of alkyl halides is 3. The van der Waals surface area contributed by atoms with E-state index in [-0.39, 0.29) is 5.13 Å². The van der Waals surface area contributed by atoms with E-state index in [9.17, 15) is 13.2 Å². The fraction of sp³-hybridized carbons (Fsp3) is 0.0769. The summed E-state index contributed by atoms with van der Waals surface area (Å²) in [5.74, 6) is 0. The summed E-state index contributed by atoms with van der Waals surface area (Å²) >= 11 is 1.09. The molecule has 0 aliphatic carbocycles. The van der Waals surface area contributed by atoms with Crippen molar-refractivity contribution in [3.8, 4) is 16.4 Å². The molecule has 0 aliphatic heterocycles. The van der Waals surface area contributed by atoms with Crippen LogP contribution in [0.25, 0.3) is 16.4 Å². The molecule has 0 unspecified atom stereocenters. The second kappa shape index (κ2) is 4.88. The quantitative estimate of drug-likeness (QED) is 0.736. The fourth-order valence-corrected chi connectivity index (χ4v) is 2.62. The van der Waals surface area contributed by atoms with Crippen molar-refractivity contribution < 1.29 is 13.2 Å². The molecule has 0 amide bonds. The highest BCUT2D eigenvalue weighted by Gasteiger charge is 2.35. The zero-order valence-electron chi connectivity index (χ0n) is 10.5. The lowest BCUT2D eigenvalue weighted by Crippen LogP contribution is -2.13. The molecule has 0 radical (unpaired) electrons. The van der Waals surface area contributed by atoms with E-state index >= 15 is 0 Å². The number of hydrogen-bond donors (Lipinski definition) is 1. The average Bonchev–Trinajstić information content (AvgIpc) is 3.07. The van der Waals surface area contributed by atoms with E-state index in [2.05, 4.69) is 10.1 Å². The number of nitrogens with zero attached hydrogens (tertiary/aromatic N) is 3. The Morgan fingerprint density at radius 1 is 1.10 bits per heavy atom. The summed E-state index contributed by atoms with van der Waals surface area (Å²) in [5, 5.41) is 5.55. The van der Waals surface area contributed by atoms with Crippen LogP contribution in [0.2, 0.25) is 0 Å². The van der Waals surface area contributed by atoms with Gasteiger partial charge in [0, 0.05) is 16.6 Å². The van der Waals surface area contributed by atoms with Crippen molar-refractivity contribution in [1.29, 1.82) is 0 Å². The van der Waals surface area contributed by atoms with Gasteiger partial charge in [-0.05, 0) is 18.2 Å². The molecule has 2 heterocycles. The lowest BCUT2D eigenvalue weighted by atomic mass is 10.1. The molecule has 21 heavy (non-hydrogen) atoms. The number of benzene rings is 1. The molecule has 0 fully saturated rings. The van der Waals surface area contributed by atoms with E-state index in [4.69, 9.17) is 5.73 Å². The van der Waals surface area contributed by atoms with Crippen LogP contribution < -0.4 is 5.73 Å². The van der Waals surface area contributed by atoms with Gasteiger partial charge in [0.1, 0.15) is 0 Å². The van der Waals surface area contributed by atoms with Gasteiger partial charge in [0.2, 0.25) is 5.13 Å². The van der Waals surface area contributed by atoms with E-state index in [1.54, 1.807) is 29.6 Å². The molecule has 108 valence electrons. The molecule has 1 aromatic carbocycles. The SMILES string of the molecule is Nc1ccc(-c2csc(-n3nccc3C(F)(F)F)n2)cc1. The Labute approximate surface area is 121 Å². The van der Waals surface area contributed by atoms with Crippen molar-refractivity contribution in [3.63, 3.8) is 0 Å². The number of thiazole rings is 1. The van der Waals surface area contributed by atoms with Gasteiger partial charge in [-0.1, -0.05) is 12.1 Å². The smallest absolute Gasteiger partial charge is 0.399 e. The number of aromatic nitrogens is 3. The molecular formula is C13H9F3N4S. The molecule has 8 heteroatoms. The normalized spacial score (nSPS) is 11.8. The third-order valence-electron chi connectivity index (χ3n) is 2.81. The summed E-state index contributed by atoms with van der Waals surface area (Å²) < 4.78 is 39.3. The topological polar surface area (TPSA) is 56.7 Å². The molecular weight excluding hydrogens is 301 g/mol. The van der Waals surface area contributed by atoms with Crippen LogP contribution in [-0.2, 0) is 6.18 Å². The van der Waals surface area contributed by atoms with Crippen molar-refractivity contribution in [3.05, 3.63) is 47.6 Å². The third kappa shape index (κ3) is 2.62. The Kier molecular flexibility index (Phi) is 3.17. The summed E-state index contributed by atoms with van der Waals surface area (Å²) in [4.78, 5) is 4.20. The molecule has 3 rings (SSSR count). The van der Waals surface area contributed by atoms with Gasteiger partial charge in [-0.15, -0.1) is 11.3 Å². The number of anilines is 1. The number of nitrogen functional groups attached to an aromatic ring is 1. The van der Waals surface area contributed by atoms with E-state index in [0.29, 0.717) is 11.4 Å². The minimum absolute atomic E-state index is 0.166. The van der Waals surface area contributed by atoms with Gasteiger partial charge < -0.3 is 5.73 Å². The second-order valence-corrected chi connectivity index (χ2v) is 5.10. The fourth-order valence-electron chi connectivity index (χ4n) is 1.82. The maximum Gasteiger partial charge on any atom is 0.433 e. The average molecular weight is 310 g/mol. The zero-order chi connectivity index (χ0) is 15.0. The van der Waals surface area contributed by atoms with Crippen molar-refractivity contribution in [2.75, 3.05) is 5.73 Å². The van der Waals surface area contributed by atoms with Crippen LogP contribution in [0.5, 0.6) is 0 Å². The lowest BCUT2D eigenvalue weighted by Gasteiger charge is -2.07. The van der Waals surface area contributed by atoms with E-state index < -0.39 is 11.9 Å². The van der Waals surface area contributed by atoms with Crippen LogP contribution in [0, 0.1) is 0 Å². The highest BCUT2D eigenvalue weighted by atomic mass is 32.1. The van der Waals surface area contributed by atoms with Gasteiger partial charge in [0.05, 0.1) is 11.9 Å². The van der Waals surface area contributed by atoms with Gasteiger partial charge in [-0.2, -0.15) is 18.3 Å². The lowest BCUT2D eigenvalue weighted by molar-refractivity contribution is -0.142. The molecule has 0 saturated carbocycles. The predicted molar refractivity (Wildman–Crippen MR) is 74.1 cm³/mol. The number of hydrogen-bond acceptors (Lipinski definition) is 4. The zero-order valence-corrected chi connectivity index (χ0v) is 11.3. The van der Waals surface area contributed by atoms with Gasteiger partial charge in [-0.3, -0.25) is 0 Å². The van der Waals surface area contributed by atoms with Crippen LogP contribution in [0.3, 0.4) is 0 Å². The Morgan fingerprint density at radius 2 is 1.81 bits per heavy atom. The Hall–Kier alpha value is -2.35. The van der Waals surface area contributed by atoms with Gasteiger partial charge in [0.15, 0.2) is 5.69 Å². The van der Waals surface area contributed by atoms with Crippen molar-refractivity contribution >= 4 is 17.0 Å². The minimum atomic E-state index is -4.47. The Balaban J connectivity index is 1.99. The monoisotopic (exact) mass is 310 g/mol. The standard InChI is InChI=1S/C13H9F3N4S/c14-13(15,16)11-5-6-18-20(11)12-19-10(7-21-12)8-1-3-9(17)4-2-8/h1-7H,17H2. The van der Waals surface area contributed by atoms with Crippen molar-refractivity contribution in [1.82, 2.24) is 14.8 Å². The maximum absolute atomic E-state index is 12.8. The molecule has 4 nitrogen and oxygen atoms in total.